The van der Waals surface area contributed by atoms with E-state index in [0.29, 0.717) is 11.8 Å². The first-order chi connectivity index (χ1) is 6.66. The largest absolute Gasteiger partial charge is 0.339 e. The van der Waals surface area contributed by atoms with Crippen molar-refractivity contribution in [1.82, 2.24) is 15.0 Å². The van der Waals surface area contributed by atoms with Crippen LogP contribution in [0.25, 0.3) is 0 Å². The number of likely N-dealkylation sites (tertiary alicyclic amines) is 1. The van der Waals surface area contributed by atoms with Crippen molar-refractivity contribution in [3.8, 4) is 0 Å². The van der Waals surface area contributed by atoms with Crippen LogP contribution in [0.2, 0.25) is 0 Å². The standard InChI is InChI=1S/C10H17N3O/c1-7(2)9-11-10(14-12-9)8-4-5-13(3)6-8/h7-8H,4-6H2,1-3H3. The normalized spacial score (nSPS) is 23.6. The van der Waals surface area contributed by atoms with Crippen LogP contribution in [0.3, 0.4) is 0 Å². The summed E-state index contributed by atoms with van der Waals surface area (Å²) in [5.74, 6) is 2.44. The van der Waals surface area contributed by atoms with Crippen LogP contribution in [0.4, 0.5) is 0 Å². The molecule has 0 bridgehead atoms. The van der Waals surface area contributed by atoms with Gasteiger partial charge >= 0.3 is 0 Å². The Bertz CT molecular complexity index is 308. The molecule has 1 aromatic heterocycles. The Morgan fingerprint density at radius 3 is 2.79 bits per heavy atom. The van der Waals surface area contributed by atoms with Crippen LogP contribution < -0.4 is 0 Å². The van der Waals surface area contributed by atoms with Gasteiger partial charge in [-0.15, -0.1) is 0 Å². The molecule has 0 amide bonds. The second-order valence-corrected chi connectivity index (χ2v) is 4.39. The van der Waals surface area contributed by atoms with Crippen LogP contribution in [0.1, 0.15) is 43.8 Å². The molecule has 0 N–H and O–H groups in total. The Balaban J connectivity index is 2.09. The summed E-state index contributed by atoms with van der Waals surface area (Å²) in [6.45, 7) is 6.33. The molecule has 1 aliphatic rings. The summed E-state index contributed by atoms with van der Waals surface area (Å²) in [6, 6.07) is 0. The number of aromatic nitrogens is 2. The molecule has 1 aromatic rings. The Labute approximate surface area is 84.3 Å². The van der Waals surface area contributed by atoms with E-state index in [9.17, 15) is 0 Å². The first-order valence-corrected chi connectivity index (χ1v) is 5.19. The molecule has 2 rings (SSSR count). The first kappa shape index (κ1) is 9.65. The number of likely N-dealkylation sites (N-methyl/N-ethyl adjacent to an activating group) is 1. The maximum atomic E-state index is 5.27. The maximum absolute atomic E-state index is 5.27. The first-order valence-electron chi connectivity index (χ1n) is 5.19. The minimum Gasteiger partial charge on any atom is -0.339 e. The van der Waals surface area contributed by atoms with Gasteiger partial charge in [-0.25, -0.2) is 0 Å². The fourth-order valence-electron chi connectivity index (χ4n) is 1.78. The third-order valence-electron chi connectivity index (χ3n) is 2.71. The topological polar surface area (TPSA) is 42.2 Å². The number of rotatable bonds is 2. The van der Waals surface area contributed by atoms with E-state index >= 15 is 0 Å². The van der Waals surface area contributed by atoms with Gasteiger partial charge in [0, 0.05) is 12.5 Å². The van der Waals surface area contributed by atoms with Crippen molar-refractivity contribution >= 4 is 0 Å². The van der Waals surface area contributed by atoms with Gasteiger partial charge in [-0.1, -0.05) is 19.0 Å². The smallest absolute Gasteiger partial charge is 0.231 e. The summed E-state index contributed by atoms with van der Waals surface area (Å²) in [4.78, 5) is 6.72. The summed E-state index contributed by atoms with van der Waals surface area (Å²) in [6.07, 6.45) is 1.14. The minimum atomic E-state index is 0.353. The van der Waals surface area contributed by atoms with E-state index in [1.54, 1.807) is 0 Å². The third kappa shape index (κ3) is 1.80. The van der Waals surface area contributed by atoms with Crippen molar-refractivity contribution in [2.24, 2.45) is 0 Å². The average molecular weight is 195 g/mol. The lowest BCUT2D eigenvalue weighted by Crippen LogP contribution is -2.13. The van der Waals surface area contributed by atoms with E-state index in [1.807, 2.05) is 0 Å². The summed E-state index contributed by atoms with van der Waals surface area (Å²) in [7, 11) is 2.12. The zero-order valence-corrected chi connectivity index (χ0v) is 9.03. The van der Waals surface area contributed by atoms with Crippen LogP contribution in [-0.4, -0.2) is 35.2 Å². The molecule has 0 radical (unpaired) electrons. The Morgan fingerprint density at radius 1 is 1.50 bits per heavy atom. The second kappa shape index (κ2) is 3.69. The number of hydrogen-bond donors (Lipinski definition) is 0. The predicted molar refractivity (Wildman–Crippen MR) is 53.2 cm³/mol. The molecule has 1 fully saturated rings. The summed E-state index contributed by atoms with van der Waals surface area (Å²) >= 11 is 0. The fraction of sp³-hybridized carbons (Fsp3) is 0.800. The fourth-order valence-corrected chi connectivity index (χ4v) is 1.78. The molecule has 1 aliphatic heterocycles. The zero-order chi connectivity index (χ0) is 10.1. The lowest BCUT2D eigenvalue weighted by Gasteiger charge is -2.05. The van der Waals surface area contributed by atoms with Crippen LogP contribution >= 0.6 is 0 Å². The van der Waals surface area contributed by atoms with Crippen molar-refractivity contribution < 1.29 is 4.52 Å². The molecule has 1 atom stereocenters. The van der Waals surface area contributed by atoms with E-state index < -0.39 is 0 Å². The number of nitrogens with zero attached hydrogens (tertiary/aromatic N) is 3. The van der Waals surface area contributed by atoms with E-state index in [0.717, 1.165) is 31.2 Å². The summed E-state index contributed by atoms with van der Waals surface area (Å²) < 4.78 is 5.27. The van der Waals surface area contributed by atoms with Crippen molar-refractivity contribution in [2.45, 2.75) is 32.1 Å². The molecule has 2 heterocycles. The monoisotopic (exact) mass is 195 g/mol. The van der Waals surface area contributed by atoms with Crippen LogP contribution in [-0.2, 0) is 0 Å². The van der Waals surface area contributed by atoms with E-state index in [-0.39, 0.29) is 0 Å². The van der Waals surface area contributed by atoms with Gasteiger partial charge < -0.3 is 9.42 Å². The molecule has 0 aromatic carbocycles. The lowest BCUT2D eigenvalue weighted by molar-refractivity contribution is 0.340. The third-order valence-corrected chi connectivity index (χ3v) is 2.71. The summed E-state index contributed by atoms with van der Waals surface area (Å²) in [5, 5.41) is 3.98. The molecule has 1 saturated heterocycles. The molecule has 4 nitrogen and oxygen atoms in total. The minimum absolute atomic E-state index is 0.353. The van der Waals surface area contributed by atoms with Crippen LogP contribution in [0, 0.1) is 0 Å². The molecule has 1 unspecified atom stereocenters. The van der Waals surface area contributed by atoms with Gasteiger partial charge in [-0.2, -0.15) is 4.98 Å². The Morgan fingerprint density at radius 2 is 2.29 bits per heavy atom. The second-order valence-electron chi connectivity index (χ2n) is 4.39. The van der Waals surface area contributed by atoms with Crippen molar-refractivity contribution in [3.05, 3.63) is 11.7 Å². The summed E-state index contributed by atoms with van der Waals surface area (Å²) in [5.41, 5.74) is 0. The highest BCUT2D eigenvalue weighted by molar-refractivity contribution is 5.00. The maximum Gasteiger partial charge on any atom is 0.231 e. The molecule has 4 heteroatoms. The van der Waals surface area contributed by atoms with E-state index in [4.69, 9.17) is 4.52 Å². The molecule has 0 aliphatic carbocycles. The predicted octanol–water partition coefficient (Wildman–Crippen LogP) is 1.61. The van der Waals surface area contributed by atoms with Gasteiger partial charge in [0.1, 0.15) is 0 Å². The zero-order valence-electron chi connectivity index (χ0n) is 9.03. The molecule has 14 heavy (non-hydrogen) atoms. The van der Waals surface area contributed by atoms with Gasteiger partial charge in [-0.3, -0.25) is 0 Å². The highest BCUT2D eigenvalue weighted by atomic mass is 16.5. The van der Waals surface area contributed by atoms with Gasteiger partial charge in [-0.05, 0) is 20.0 Å². The molecule has 0 spiro atoms. The van der Waals surface area contributed by atoms with Crippen LogP contribution in [0.15, 0.2) is 4.52 Å². The number of hydrogen-bond acceptors (Lipinski definition) is 4. The van der Waals surface area contributed by atoms with Gasteiger partial charge in [0.15, 0.2) is 5.82 Å². The van der Waals surface area contributed by atoms with Gasteiger partial charge in [0.2, 0.25) is 5.89 Å². The van der Waals surface area contributed by atoms with E-state index in [1.165, 1.54) is 0 Å². The van der Waals surface area contributed by atoms with Crippen molar-refractivity contribution in [1.29, 1.82) is 0 Å². The van der Waals surface area contributed by atoms with Crippen LogP contribution in [0.5, 0.6) is 0 Å². The average Bonchev–Trinajstić information content (AvgIpc) is 2.70. The molecular weight excluding hydrogens is 178 g/mol. The molecule has 0 saturated carbocycles. The molecular formula is C10H17N3O. The highest BCUT2D eigenvalue weighted by Crippen LogP contribution is 2.25. The van der Waals surface area contributed by atoms with Gasteiger partial charge in [0.25, 0.3) is 0 Å². The lowest BCUT2D eigenvalue weighted by atomic mass is 10.1. The van der Waals surface area contributed by atoms with Crippen molar-refractivity contribution in [2.75, 3.05) is 20.1 Å². The van der Waals surface area contributed by atoms with E-state index in [2.05, 4.69) is 35.9 Å². The SMILES string of the molecule is CC(C)c1noc(C2CCN(C)C2)n1. The molecule has 78 valence electrons. The van der Waals surface area contributed by atoms with Crippen molar-refractivity contribution in [3.63, 3.8) is 0 Å². The van der Waals surface area contributed by atoms with Gasteiger partial charge in [0.05, 0.1) is 5.92 Å². The highest BCUT2D eigenvalue weighted by Gasteiger charge is 2.26. The quantitative estimate of drug-likeness (QED) is 0.719. The Kier molecular flexibility index (Phi) is 2.54. The Hall–Kier alpha value is -0.900.